The summed E-state index contributed by atoms with van der Waals surface area (Å²) in [4.78, 5) is 19.9. The zero-order chi connectivity index (χ0) is 14.7. The first-order chi connectivity index (χ1) is 9.52. The number of aromatic carboxylic acids is 1. The zero-order valence-electron chi connectivity index (χ0n) is 12.0. The van der Waals surface area contributed by atoms with Crippen molar-refractivity contribution in [3.63, 3.8) is 0 Å². The third-order valence-corrected chi connectivity index (χ3v) is 4.06. The fraction of sp³-hybridized carbons (Fsp3) is 0.571. The number of nitrogens with zero attached hydrogens (tertiary/aromatic N) is 3. The number of carboxylic acid groups (broad SMARTS) is 1. The van der Waals surface area contributed by atoms with Gasteiger partial charge in [-0.15, -0.1) is 0 Å². The molecule has 0 unspecified atom stereocenters. The van der Waals surface area contributed by atoms with Crippen molar-refractivity contribution in [2.75, 3.05) is 37.3 Å². The minimum atomic E-state index is -1.01. The van der Waals surface area contributed by atoms with Crippen LogP contribution in [0.4, 0.5) is 11.5 Å². The van der Waals surface area contributed by atoms with Crippen molar-refractivity contribution < 1.29 is 9.90 Å². The van der Waals surface area contributed by atoms with Crippen molar-refractivity contribution in [2.24, 2.45) is 0 Å². The van der Waals surface area contributed by atoms with Gasteiger partial charge in [-0.3, -0.25) is 0 Å². The van der Waals surface area contributed by atoms with Crippen molar-refractivity contribution in [3.8, 4) is 0 Å². The monoisotopic (exact) mass is 278 g/mol. The third-order valence-electron chi connectivity index (χ3n) is 4.06. The number of hydrogen-bond donors (Lipinski definition) is 2. The predicted octanol–water partition coefficient (Wildman–Crippen LogP) is 1.28. The van der Waals surface area contributed by atoms with Crippen LogP contribution < -0.4 is 10.6 Å². The first-order valence-electron chi connectivity index (χ1n) is 6.97. The van der Waals surface area contributed by atoms with E-state index in [1.54, 1.807) is 6.07 Å². The number of nitrogens with two attached hydrogens (primary N) is 1. The van der Waals surface area contributed by atoms with Gasteiger partial charge in [0.25, 0.3) is 0 Å². The Morgan fingerprint density at radius 2 is 2.20 bits per heavy atom. The lowest BCUT2D eigenvalue weighted by atomic mass is 10.0. The van der Waals surface area contributed by atoms with Gasteiger partial charge in [0.1, 0.15) is 5.82 Å². The molecule has 1 saturated heterocycles. The number of rotatable bonds is 4. The first kappa shape index (κ1) is 14.6. The second-order valence-electron chi connectivity index (χ2n) is 5.21. The fourth-order valence-electron chi connectivity index (χ4n) is 2.64. The highest BCUT2D eigenvalue weighted by atomic mass is 16.4. The van der Waals surface area contributed by atoms with Crippen LogP contribution in [0.2, 0.25) is 0 Å². The summed E-state index contributed by atoms with van der Waals surface area (Å²) >= 11 is 0. The molecule has 0 spiro atoms. The second kappa shape index (κ2) is 6.09. The van der Waals surface area contributed by atoms with Gasteiger partial charge in [-0.1, -0.05) is 6.92 Å². The molecular formula is C14H22N4O2. The van der Waals surface area contributed by atoms with E-state index in [1.165, 1.54) is 6.20 Å². The molecule has 1 aromatic rings. The number of anilines is 2. The molecule has 1 aliphatic rings. The van der Waals surface area contributed by atoms with Gasteiger partial charge in [-0.2, -0.15) is 0 Å². The first-order valence-corrected chi connectivity index (χ1v) is 6.97. The predicted molar refractivity (Wildman–Crippen MR) is 79.1 cm³/mol. The molecule has 20 heavy (non-hydrogen) atoms. The van der Waals surface area contributed by atoms with Crippen molar-refractivity contribution in [2.45, 2.75) is 25.8 Å². The Hall–Kier alpha value is -1.82. The van der Waals surface area contributed by atoms with Crippen LogP contribution in [0.25, 0.3) is 0 Å². The summed E-state index contributed by atoms with van der Waals surface area (Å²) in [6.45, 7) is 5.41. The van der Waals surface area contributed by atoms with Crippen molar-refractivity contribution in [1.29, 1.82) is 0 Å². The van der Waals surface area contributed by atoms with Gasteiger partial charge >= 0.3 is 5.97 Å². The molecule has 2 heterocycles. The Bertz CT molecular complexity index is 484. The summed E-state index contributed by atoms with van der Waals surface area (Å²) in [6, 6.07) is 1.96. The number of nitrogen functional groups attached to an aromatic ring is 1. The van der Waals surface area contributed by atoms with E-state index in [9.17, 15) is 4.79 Å². The van der Waals surface area contributed by atoms with Gasteiger partial charge in [-0.25, -0.2) is 9.78 Å². The maximum atomic E-state index is 11.1. The van der Waals surface area contributed by atoms with Crippen LogP contribution in [0.1, 0.15) is 30.1 Å². The molecule has 0 aromatic carbocycles. The molecule has 0 atom stereocenters. The molecule has 6 heteroatoms. The van der Waals surface area contributed by atoms with Gasteiger partial charge in [0, 0.05) is 26.2 Å². The Morgan fingerprint density at radius 1 is 1.55 bits per heavy atom. The molecule has 6 nitrogen and oxygen atoms in total. The molecule has 0 amide bonds. The summed E-state index contributed by atoms with van der Waals surface area (Å²) in [5.41, 5.74) is 5.96. The maximum Gasteiger partial charge on any atom is 0.337 e. The minimum Gasteiger partial charge on any atom is -0.478 e. The topological polar surface area (TPSA) is 82.7 Å². The average molecular weight is 278 g/mol. The van der Waals surface area contributed by atoms with E-state index >= 15 is 0 Å². The van der Waals surface area contributed by atoms with E-state index in [2.05, 4.69) is 21.7 Å². The molecule has 1 fully saturated rings. The van der Waals surface area contributed by atoms with Crippen LogP contribution in [0.3, 0.4) is 0 Å². The molecule has 0 saturated carbocycles. The van der Waals surface area contributed by atoms with Gasteiger partial charge < -0.3 is 20.6 Å². The fourth-order valence-corrected chi connectivity index (χ4v) is 2.64. The third kappa shape index (κ3) is 3.01. The van der Waals surface area contributed by atoms with Crippen LogP contribution in [-0.4, -0.2) is 53.7 Å². The van der Waals surface area contributed by atoms with Crippen molar-refractivity contribution >= 4 is 17.5 Å². The van der Waals surface area contributed by atoms with Gasteiger partial charge in [0.2, 0.25) is 0 Å². The molecule has 0 aliphatic carbocycles. The number of hydrogen-bond acceptors (Lipinski definition) is 5. The van der Waals surface area contributed by atoms with E-state index in [4.69, 9.17) is 10.8 Å². The lowest BCUT2D eigenvalue weighted by molar-refractivity contribution is 0.0698. The Labute approximate surface area is 119 Å². The standard InChI is InChI=1S/C14H22N4O2/c1-3-18-6-4-10(5-7-18)17(2)13-8-11(14(19)20)12(15)9-16-13/h8-10H,3-7,15H2,1-2H3,(H,19,20). The van der Waals surface area contributed by atoms with Crippen LogP contribution in [0.15, 0.2) is 12.3 Å². The molecular weight excluding hydrogens is 256 g/mol. The smallest absolute Gasteiger partial charge is 0.337 e. The molecule has 2 rings (SSSR count). The normalized spacial score (nSPS) is 17.1. The molecule has 110 valence electrons. The quantitative estimate of drug-likeness (QED) is 0.863. The number of carbonyl (C=O) groups is 1. The van der Waals surface area contributed by atoms with E-state index in [-0.39, 0.29) is 11.3 Å². The average Bonchev–Trinajstić information content (AvgIpc) is 2.47. The highest BCUT2D eigenvalue weighted by molar-refractivity contribution is 5.94. The highest BCUT2D eigenvalue weighted by Crippen LogP contribution is 2.23. The van der Waals surface area contributed by atoms with Gasteiger partial charge in [0.15, 0.2) is 0 Å². The summed E-state index contributed by atoms with van der Waals surface area (Å²) in [5.74, 6) is -0.341. The van der Waals surface area contributed by atoms with Gasteiger partial charge in [-0.05, 0) is 25.5 Å². The molecule has 0 radical (unpaired) electrons. The summed E-state index contributed by atoms with van der Waals surface area (Å²) < 4.78 is 0. The zero-order valence-corrected chi connectivity index (χ0v) is 12.0. The van der Waals surface area contributed by atoms with Crippen LogP contribution in [0, 0.1) is 0 Å². The van der Waals surface area contributed by atoms with E-state index < -0.39 is 5.97 Å². The molecule has 0 bridgehead atoms. The Balaban J connectivity index is 2.11. The van der Waals surface area contributed by atoms with Crippen molar-refractivity contribution in [3.05, 3.63) is 17.8 Å². The molecule has 3 N–H and O–H groups in total. The van der Waals surface area contributed by atoms with Gasteiger partial charge in [0.05, 0.1) is 17.4 Å². The molecule has 1 aromatic heterocycles. The Morgan fingerprint density at radius 3 is 2.75 bits per heavy atom. The van der Waals surface area contributed by atoms with E-state index in [0.717, 1.165) is 32.5 Å². The Kier molecular flexibility index (Phi) is 4.44. The number of likely N-dealkylation sites (tertiary alicyclic amines) is 1. The summed E-state index contributed by atoms with van der Waals surface area (Å²) in [6.07, 6.45) is 3.56. The lowest BCUT2D eigenvalue weighted by Crippen LogP contribution is -2.43. The second-order valence-corrected chi connectivity index (χ2v) is 5.21. The number of aromatic nitrogens is 1. The van der Waals surface area contributed by atoms with Crippen molar-refractivity contribution in [1.82, 2.24) is 9.88 Å². The number of pyridine rings is 1. The largest absolute Gasteiger partial charge is 0.478 e. The maximum absolute atomic E-state index is 11.1. The SMILES string of the molecule is CCN1CCC(N(C)c2cc(C(=O)O)c(N)cn2)CC1. The van der Waals surface area contributed by atoms with Crippen LogP contribution in [-0.2, 0) is 0 Å². The minimum absolute atomic E-state index is 0.118. The van der Waals surface area contributed by atoms with E-state index in [0.29, 0.717) is 11.9 Å². The summed E-state index contributed by atoms with van der Waals surface area (Å²) in [5, 5.41) is 9.12. The number of carboxylic acids is 1. The summed E-state index contributed by atoms with van der Waals surface area (Å²) in [7, 11) is 1.97. The lowest BCUT2D eigenvalue weighted by Gasteiger charge is -2.36. The van der Waals surface area contributed by atoms with Crippen LogP contribution >= 0.6 is 0 Å². The van der Waals surface area contributed by atoms with E-state index in [1.807, 2.05) is 7.05 Å². The molecule has 1 aliphatic heterocycles. The number of piperidine rings is 1. The highest BCUT2D eigenvalue weighted by Gasteiger charge is 2.23. The van der Waals surface area contributed by atoms with Crippen LogP contribution in [0.5, 0.6) is 0 Å².